The third-order valence-electron chi connectivity index (χ3n) is 4.06. The summed E-state index contributed by atoms with van der Waals surface area (Å²) >= 11 is 0. The molecule has 1 unspecified atom stereocenters. The summed E-state index contributed by atoms with van der Waals surface area (Å²) in [5.41, 5.74) is 0. The Morgan fingerprint density at radius 3 is 2.27 bits per heavy atom. The summed E-state index contributed by atoms with van der Waals surface area (Å²) < 4.78 is 0. The smallest absolute Gasteiger partial charge is 0.00388 e. The quantitative estimate of drug-likeness (QED) is 0.721. The van der Waals surface area contributed by atoms with Gasteiger partial charge in [0.15, 0.2) is 0 Å². The molecule has 1 aliphatic heterocycles. The van der Waals surface area contributed by atoms with Gasteiger partial charge in [-0.25, -0.2) is 0 Å². The van der Waals surface area contributed by atoms with Gasteiger partial charge in [-0.15, -0.1) is 0 Å². The zero-order chi connectivity index (χ0) is 10.8. The monoisotopic (exact) mass is 210 g/mol. The minimum atomic E-state index is 0.723. The molecule has 0 spiro atoms. The second-order valence-corrected chi connectivity index (χ2v) is 5.89. The van der Waals surface area contributed by atoms with Crippen LogP contribution in [0, 0.1) is 17.8 Å². The van der Waals surface area contributed by atoms with Crippen molar-refractivity contribution in [3.8, 4) is 0 Å². The van der Waals surface area contributed by atoms with E-state index in [0.717, 1.165) is 23.8 Å². The van der Waals surface area contributed by atoms with Gasteiger partial charge in [-0.1, -0.05) is 6.92 Å². The van der Waals surface area contributed by atoms with Crippen LogP contribution in [-0.4, -0.2) is 37.1 Å². The molecule has 2 aliphatic rings. The van der Waals surface area contributed by atoms with Gasteiger partial charge in [0.2, 0.25) is 0 Å². The average molecular weight is 210 g/mol. The topological polar surface area (TPSA) is 15.3 Å². The first-order valence-corrected chi connectivity index (χ1v) is 6.61. The Kier molecular flexibility index (Phi) is 3.68. The highest BCUT2D eigenvalue weighted by Crippen LogP contribution is 2.31. The predicted octanol–water partition coefficient (Wildman–Crippen LogP) is 1.96. The highest BCUT2D eigenvalue weighted by molar-refractivity contribution is 4.84. The summed E-state index contributed by atoms with van der Waals surface area (Å²) in [6.07, 6.45) is 2.95. The van der Waals surface area contributed by atoms with Crippen molar-refractivity contribution < 1.29 is 0 Å². The predicted molar refractivity (Wildman–Crippen MR) is 65.0 cm³/mol. The summed E-state index contributed by atoms with van der Waals surface area (Å²) in [5, 5.41) is 3.38. The Morgan fingerprint density at radius 2 is 1.87 bits per heavy atom. The molecule has 0 amide bonds. The molecule has 1 aliphatic carbocycles. The van der Waals surface area contributed by atoms with Crippen molar-refractivity contribution in [1.82, 2.24) is 10.2 Å². The van der Waals surface area contributed by atoms with E-state index in [0.29, 0.717) is 0 Å². The molecule has 1 saturated heterocycles. The highest BCUT2D eigenvalue weighted by Gasteiger charge is 2.29. The fourth-order valence-electron chi connectivity index (χ4n) is 2.36. The molecule has 1 saturated carbocycles. The molecule has 15 heavy (non-hydrogen) atoms. The molecule has 0 aromatic heterocycles. The van der Waals surface area contributed by atoms with Crippen molar-refractivity contribution in [3.05, 3.63) is 0 Å². The standard InChI is InChI=1S/C13H26N2/c1-10(2)15(9-12-4-5-12)8-11(3)13-6-14-7-13/h10-14H,4-9H2,1-3H3. The molecule has 1 N–H and O–H groups in total. The Labute approximate surface area is 94.4 Å². The van der Waals surface area contributed by atoms with E-state index in [9.17, 15) is 0 Å². The van der Waals surface area contributed by atoms with Crippen LogP contribution in [0.1, 0.15) is 33.6 Å². The van der Waals surface area contributed by atoms with Crippen LogP contribution in [0.25, 0.3) is 0 Å². The summed E-state index contributed by atoms with van der Waals surface area (Å²) in [4.78, 5) is 2.70. The number of rotatable bonds is 6. The summed E-state index contributed by atoms with van der Waals surface area (Å²) in [5.74, 6) is 2.83. The molecule has 2 nitrogen and oxygen atoms in total. The van der Waals surface area contributed by atoms with Crippen LogP contribution in [0.15, 0.2) is 0 Å². The van der Waals surface area contributed by atoms with Gasteiger partial charge >= 0.3 is 0 Å². The van der Waals surface area contributed by atoms with Crippen LogP contribution in [-0.2, 0) is 0 Å². The molecular formula is C13H26N2. The van der Waals surface area contributed by atoms with E-state index in [2.05, 4.69) is 31.0 Å². The molecule has 1 heterocycles. The number of hydrogen-bond acceptors (Lipinski definition) is 2. The van der Waals surface area contributed by atoms with Crippen molar-refractivity contribution >= 4 is 0 Å². The molecule has 0 aromatic carbocycles. The Balaban J connectivity index is 1.75. The van der Waals surface area contributed by atoms with E-state index in [1.807, 2.05) is 0 Å². The third kappa shape index (κ3) is 3.18. The number of hydrogen-bond donors (Lipinski definition) is 1. The van der Waals surface area contributed by atoms with Gasteiger partial charge in [0.1, 0.15) is 0 Å². The minimum Gasteiger partial charge on any atom is -0.316 e. The Hall–Kier alpha value is -0.0800. The lowest BCUT2D eigenvalue weighted by Crippen LogP contribution is -2.49. The molecule has 88 valence electrons. The summed E-state index contributed by atoms with van der Waals surface area (Å²) in [7, 11) is 0. The van der Waals surface area contributed by atoms with E-state index in [4.69, 9.17) is 0 Å². The maximum Gasteiger partial charge on any atom is 0.00388 e. The first kappa shape index (κ1) is 11.4. The lowest BCUT2D eigenvalue weighted by atomic mass is 9.88. The van der Waals surface area contributed by atoms with Crippen LogP contribution in [0.5, 0.6) is 0 Å². The van der Waals surface area contributed by atoms with Crippen LogP contribution in [0.4, 0.5) is 0 Å². The van der Waals surface area contributed by atoms with Gasteiger partial charge in [0.05, 0.1) is 0 Å². The van der Waals surface area contributed by atoms with Gasteiger partial charge < -0.3 is 10.2 Å². The van der Waals surface area contributed by atoms with Crippen molar-refractivity contribution in [1.29, 1.82) is 0 Å². The van der Waals surface area contributed by atoms with Crippen LogP contribution in [0.2, 0.25) is 0 Å². The van der Waals surface area contributed by atoms with Crippen molar-refractivity contribution in [3.63, 3.8) is 0 Å². The fraction of sp³-hybridized carbons (Fsp3) is 1.00. The minimum absolute atomic E-state index is 0.723. The average Bonchev–Trinajstić information content (AvgIpc) is 2.83. The third-order valence-corrected chi connectivity index (χ3v) is 4.06. The van der Waals surface area contributed by atoms with Crippen molar-refractivity contribution in [2.24, 2.45) is 17.8 Å². The Morgan fingerprint density at radius 1 is 1.20 bits per heavy atom. The van der Waals surface area contributed by atoms with E-state index in [1.54, 1.807) is 0 Å². The lowest BCUT2D eigenvalue weighted by molar-refractivity contribution is 0.136. The van der Waals surface area contributed by atoms with Crippen molar-refractivity contribution in [2.75, 3.05) is 26.2 Å². The molecule has 2 rings (SSSR count). The van der Waals surface area contributed by atoms with E-state index < -0.39 is 0 Å². The first-order chi connectivity index (χ1) is 7.16. The summed E-state index contributed by atoms with van der Waals surface area (Å²) in [6.45, 7) is 12.3. The summed E-state index contributed by atoms with van der Waals surface area (Å²) in [6, 6.07) is 0.723. The highest BCUT2D eigenvalue weighted by atomic mass is 15.2. The lowest BCUT2D eigenvalue weighted by Gasteiger charge is -2.37. The van der Waals surface area contributed by atoms with E-state index in [1.165, 1.54) is 39.0 Å². The molecule has 2 heteroatoms. The van der Waals surface area contributed by atoms with Gasteiger partial charge in [0.25, 0.3) is 0 Å². The normalized spacial score (nSPS) is 24.6. The zero-order valence-electron chi connectivity index (χ0n) is 10.5. The largest absolute Gasteiger partial charge is 0.316 e. The van der Waals surface area contributed by atoms with E-state index >= 15 is 0 Å². The number of nitrogens with zero attached hydrogens (tertiary/aromatic N) is 1. The molecule has 1 atom stereocenters. The molecule has 0 bridgehead atoms. The second-order valence-electron chi connectivity index (χ2n) is 5.89. The number of nitrogens with one attached hydrogen (secondary N) is 1. The molecule has 0 aromatic rings. The van der Waals surface area contributed by atoms with Gasteiger partial charge in [-0.2, -0.15) is 0 Å². The van der Waals surface area contributed by atoms with Gasteiger partial charge in [0, 0.05) is 19.1 Å². The van der Waals surface area contributed by atoms with Gasteiger partial charge in [-0.3, -0.25) is 0 Å². The second kappa shape index (κ2) is 4.84. The molecule has 2 fully saturated rings. The van der Waals surface area contributed by atoms with E-state index in [-0.39, 0.29) is 0 Å². The SMILES string of the molecule is CC(CN(CC1CC1)C(C)C)C1CNC1. The zero-order valence-corrected chi connectivity index (χ0v) is 10.5. The molecule has 0 radical (unpaired) electrons. The maximum absolute atomic E-state index is 3.38. The van der Waals surface area contributed by atoms with Crippen LogP contribution < -0.4 is 5.32 Å². The van der Waals surface area contributed by atoms with Crippen molar-refractivity contribution in [2.45, 2.75) is 39.7 Å². The maximum atomic E-state index is 3.38. The fourth-order valence-corrected chi connectivity index (χ4v) is 2.36. The van der Waals surface area contributed by atoms with Gasteiger partial charge in [-0.05, 0) is 57.5 Å². The van der Waals surface area contributed by atoms with Crippen LogP contribution >= 0.6 is 0 Å². The Bertz CT molecular complexity index is 195. The molecular weight excluding hydrogens is 184 g/mol. The van der Waals surface area contributed by atoms with Crippen LogP contribution in [0.3, 0.4) is 0 Å². The first-order valence-electron chi connectivity index (χ1n) is 6.61.